The fraction of sp³-hybridized carbons (Fsp3) is 0.190. The lowest BCUT2D eigenvalue weighted by Crippen LogP contribution is -2.37. The van der Waals surface area contributed by atoms with Crippen LogP contribution >= 0.6 is 0 Å². The van der Waals surface area contributed by atoms with Gasteiger partial charge in [0.25, 0.3) is 0 Å². The second-order valence-corrected chi connectivity index (χ2v) is 12.2. The Kier molecular flexibility index (Phi) is 4.18. The van der Waals surface area contributed by atoms with Crippen molar-refractivity contribution in [2.75, 3.05) is 0 Å². The Bertz CT molecular complexity index is 799. The third-order valence-electron chi connectivity index (χ3n) is 4.24. The Morgan fingerprint density at radius 3 is 2.09 bits per heavy atom. The average Bonchev–Trinajstić information content (AvgIpc) is 2.55. The topological polar surface area (TPSA) is 12.9 Å². The maximum atomic E-state index is 4.65. The van der Waals surface area contributed by atoms with Crippen LogP contribution in [-0.2, 0) is 0 Å². The largest absolute Gasteiger partial charge is 0.256 e. The molecule has 1 heterocycles. The first kappa shape index (κ1) is 15.7. The summed E-state index contributed by atoms with van der Waals surface area (Å²) >= 11 is 0. The second-order valence-electron chi connectivity index (χ2n) is 7.08. The van der Waals surface area contributed by atoms with E-state index in [4.69, 9.17) is 0 Å². The summed E-state index contributed by atoms with van der Waals surface area (Å²) < 4.78 is 0. The van der Waals surface area contributed by atoms with E-state index in [1.54, 1.807) is 0 Å². The highest BCUT2D eigenvalue weighted by atomic mass is 28.3. The van der Waals surface area contributed by atoms with Crippen LogP contribution in [0.4, 0.5) is 0 Å². The zero-order valence-electron chi connectivity index (χ0n) is 14.3. The number of aryl methyl sites for hydroxylation is 1. The van der Waals surface area contributed by atoms with Crippen molar-refractivity contribution < 1.29 is 0 Å². The maximum absolute atomic E-state index is 4.65. The van der Waals surface area contributed by atoms with Crippen LogP contribution in [0.1, 0.15) is 5.56 Å². The molecule has 0 atom stereocenters. The summed E-state index contributed by atoms with van der Waals surface area (Å²) in [6.45, 7) is 9.36. The van der Waals surface area contributed by atoms with Crippen molar-refractivity contribution in [1.82, 2.24) is 4.98 Å². The van der Waals surface area contributed by atoms with Gasteiger partial charge >= 0.3 is 0 Å². The fourth-order valence-corrected chi connectivity index (χ4v) is 4.02. The van der Waals surface area contributed by atoms with Gasteiger partial charge < -0.3 is 0 Å². The Hall–Kier alpha value is -2.19. The van der Waals surface area contributed by atoms with Crippen LogP contribution in [-0.4, -0.2) is 13.1 Å². The number of hydrogen-bond donors (Lipinski definition) is 0. The second kappa shape index (κ2) is 6.13. The molecule has 0 aliphatic carbocycles. The Balaban J connectivity index is 1.94. The highest BCUT2D eigenvalue weighted by Gasteiger charge is 2.17. The van der Waals surface area contributed by atoms with Crippen LogP contribution in [0.2, 0.25) is 19.6 Å². The van der Waals surface area contributed by atoms with Gasteiger partial charge in [0.15, 0.2) is 0 Å². The van der Waals surface area contributed by atoms with Gasteiger partial charge in [0.2, 0.25) is 0 Å². The van der Waals surface area contributed by atoms with Crippen LogP contribution in [0.5, 0.6) is 0 Å². The van der Waals surface area contributed by atoms with Crippen LogP contribution in [0, 0.1) is 6.92 Å². The summed E-state index contributed by atoms with van der Waals surface area (Å²) in [6, 6.07) is 21.5. The van der Waals surface area contributed by atoms with Crippen LogP contribution in [0.25, 0.3) is 22.4 Å². The van der Waals surface area contributed by atoms with E-state index in [-0.39, 0.29) is 0 Å². The summed E-state index contributed by atoms with van der Waals surface area (Å²) in [4.78, 5) is 4.65. The third kappa shape index (κ3) is 3.43. The fourth-order valence-electron chi connectivity index (χ4n) is 2.79. The number of rotatable bonds is 3. The summed E-state index contributed by atoms with van der Waals surface area (Å²) in [5.41, 5.74) is 5.97. The highest BCUT2D eigenvalue weighted by molar-refractivity contribution is 6.88. The van der Waals surface area contributed by atoms with Gasteiger partial charge in [-0.15, -0.1) is 0 Å². The molecule has 0 radical (unpaired) electrons. The van der Waals surface area contributed by atoms with Gasteiger partial charge in [-0.05, 0) is 24.1 Å². The van der Waals surface area contributed by atoms with E-state index in [2.05, 4.69) is 74.0 Å². The molecule has 2 aromatic carbocycles. The predicted octanol–water partition coefficient (Wildman–Crippen LogP) is 5.27. The molecule has 3 aromatic rings. The first-order chi connectivity index (χ1) is 10.9. The predicted molar refractivity (Wildman–Crippen MR) is 103 cm³/mol. The monoisotopic (exact) mass is 317 g/mol. The normalized spacial score (nSPS) is 11.5. The van der Waals surface area contributed by atoms with E-state index >= 15 is 0 Å². The molecule has 1 nitrogen and oxygen atoms in total. The molecule has 1 aromatic heterocycles. The summed E-state index contributed by atoms with van der Waals surface area (Å²) in [5, 5.41) is 1.51. The SMILES string of the molecule is Cc1cc([Si](C)(C)C)ccc1-c1ccc(-c2ccccc2)nc1. The minimum atomic E-state index is -1.26. The molecule has 0 aliphatic rings. The third-order valence-corrected chi connectivity index (χ3v) is 6.28. The molecule has 0 amide bonds. The van der Waals surface area contributed by atoms with Gasteiger partial charge in [-0.1, -0.05) is 79.4 Å². The zero-order chi connectivity index (χ0) is 16.4. The molecule has 116 valence electrons. The molecule has 0 saturated heterocycles. The minimum absolute atomic E-state index is 1.02. The van der Waals surface area contributed by atoms with Gasteiger partial charge in [0.1, 0.15) is 0 Å². The standard InChI is InChI=1S/C21H23NSi/c1-16-14-19(23(2,3)4)11-12-20(16)18-10-13-21(22-15-18)17-8-6-5-7-9-17/h5-15H,1-4H3. The van der Waals surface area contributed by atoms with Gasteiger partial charge in [0.05, 0.1) is 13.8 Å². The Labute approximate surface area is 140 Å². The van der Waals surface area contributed by atoms with Gasteiger partial charge in [-0.2, -0.15) is 0 Å². The highest BCUT2D eigenvalue weighted by Crippen LogP contribution is 2.25. The van der Waals surface area contributed by atoms with Gasteiger partial charge in [-0.3, -0.25) is 4.98 Å². The molecular weight excluding hydrogens is 294 g/mol. The molecule has 0 fully saturated rings. The lowest BCUT2D eigenvalue weighted by Gasteiger charge is -2.18. The van der Waals surface area contributed by atoms with Crippen molar-refractivity contribution in [1.29, 1.82) is 0 Å². The molecule has 0 bridgehead atoms. The number of benzene rings is 2. The first-order valence-corrected chi connectivity index (χ1v) is 11.6. The number of hydrogen-bond acceptors (Lipinski definition) is 1. The lowest BCUT2D eigenvalue weighted by molar-refractivity contribution is 1.32. The van der Waals surface area contributed by atoms with E-state index in [1.807, 2.05) is 24.4 Å². The molecule has 2 heteroatoms. The lowest BCUT2D eigenvalue weighted by atomic mass is 10.0. The molecular formula is C21H23NSi. The van der Waals surface area contributed by atoms with E-state index in [0.717, 1.165) is 11.3 Å². The Morgan fingerprint density at radius 1 is 0.783 bits per heavy atom. The molecule has 0 saturated carbocycles. The van der Waals surface area contributed by atoms with Crippen molar-refractivity contribution in [2.45, 2.75) is 26.6 Å². The van der Waals surface area contributed by atoms with Crippen molar-refractivity contribution in [3.63, 3.8) is 0 Å². The van der Waals surface area contributed by atoms with Crippen molar-refractivity contribution >= 4 is 13.3 Å². The Morgan fingerprint density at radius 2 is 1.52 bits per heavy atom. The minimum Gasteiger partial charge on any atom is -0.256 e. The van der Waals surface area contributed by atoms with E-state index < -0.39 is 8.07 Å². The molecule has 23 heavy (non-hydrogen) atoms. The van der Waals surface area contributed by atoms with Crippen molar-refractivity contribution in [3.8, 4) is 22.4 Å². The van der Waals surface area contributed by atoms with Crippen LogP contribution in [0.15, 0.2) is 66.9 Å². The summed E-state index contributed by atoms with van der Waals surface area (Å²) in [7, 11) is -1.26. The van der Waals surface area contributed by atoms with Crippen LogP contribution < -0.4 is 5.19 Å². The van der Waals surface area contributed by atoms with Gasteiger partial charge in [0, 0.05) is 17.3 Å². The molecule has 0 N–H and O–H groups in total. The van der Waals surface area contributed by atoms with Gasteiger partial charge in [-0.25, -0.2) is 0 Å². The molecule has 3 rings (SSSR count). The van der Waals surface area contributed by atoms with E-state index in [1.165, 1.54) is 21.9 Å². The molecule has 0 spiro atoms. The smallest absolute Gasteiger partial charge is 0.0776 e. The van der Waals surface area contributed by atoms with E-state index in [0.29, 0.717) is 0 Å². The maximum Gasteiger partial charge on any atom is 0.0776 e. The average molecular weight is 318 g/mol. The molecule has 0 aliphatic heterocycles. The molecule has 0 unspecified atom stereocenters. The van der Waals surface area contributed by atoms with Crippen molar-refractivity contribution in [3.05, 3.63) is 72.4 Å². The van der Waals surface area contributed by atoms with E-state index in [9.17, 15) is 0 Å². The van der Waals surface area contributed by atoms with Crippen molar-refractivity contribution in [2.24, 2.45) is 0 Å². The summed E-state index contributed by atoms with van der Waals surface area (Å²) in [6.07, 6.45) is 1.98. The number of nitrogens with zero attached hydrogens (tertiary/aromatic N) is 1. The number of aromatic nitrogens is 1. The quantitative estimate of drug-likeness (QED) is 0.600. The zero-order valence-corrected chi connectivity index (χ0v) is 15.3. The van der Waals surface area contributed by atoms with Crippen LogP contribution in [0.3, 0.4) is 0 Å². The first-order valence-electron chi connectivity index (χ1n) is 8.08. The number of pyridine rings is 1. The summed E-state index contributed by atoms with van der Waals surface area (Å²) in [5.74, 6) is 0.